The maximum Gasteiger partial charge on any atom is 0.333 e. The lowest BCUT2D eigenvalue weighted by Crippen LogP contribution is -2.20. The van der Waals surface area contributed by atoms with Gasteiger partial charge in [0, 0.05) is 12.1 Å². The lowest BCUT2D eigenvalue weighted by molar-refractivity contribution is -0.386. The molecule has 6 nitrogen and oxygen atoms in total. The summed E-state index contributed by atoms with van der Waals surface area (Å²) in [4.78, 5) is 33.1. The van der Waals surface area contributed by atoms with E-state index in [1.54, 1.807) is 6.92 Å². The normalized spacial score (nSPS) is 12.2. The van der Waals surface area contributed by atoms with Gasteiger partial charge >= 0.3 is 5.69 Å². The third-order valence-corrected chi connectivity index (χ3v) is 3.28. The molecule has 0 saturated heterocycles. The van der Waals surface area contributed by atoms with E-state index in [4.69, 9.17) is 0 Å². The largest absolute Gasteiger partial charge is 0.339 e. The van der Waals surface area contributed by atoms with Gasteiger partial charge in [-0.2, -0.15) is 0 Å². The van der Waals surface area contributed by atoms with Crippen molar-refractivity contribution in [3.8, 4) is 0 Å². The number of hydrogen-bond acceptors (Lipinski definition) is 4. The van der Waals surface area contributed by atoms with E-state index in [1.807, 2.05) is 6.92 Å². The number of nitrogens with zero attached hydrogens (tertiary/aromatic N) is 2. The van der Waals surface area contributed by atoms with Crippen molar-refractivity contribution in [2.45, 2.75) is 26.8 Å². The molecule has 0 fully saturated rings. The second-order valence-corrected chi connectivity index (χ2v) is 4.88. The first-order valence-corrected chi connectivity index (χ1v) is 6.22. The number of carbonyl (C=O) groups excluding carboxylic acids is 1. The van der Waals surface area contributed by atoms with E-state index >= 15 is 0 Å². The Morgan fingerprint density at radius 1 is 1.56 bits per heavy atom. The molecule has 0 radical (unpaired) electrons. The van der Waals surface area contributed by atoms with Gasteiger partial charge in [0.1, 0.15) is 0 Å². The van der Waals surface area contributed by atoms with Gasteiger partial charge in [-0.1, -0.05) is 13.8 Å². The van der Waals surface area contributed by atoms with Gasteiger partial charge in [-0.3, -0.25) is 19.7 Å². The Bertz CT molecular complexity index is 538. The molecule has 0 amide bonds. The molecule has 0 aliphatic carbocycles. The summed E-state index contributed by atoms with van der Waals surface area (Å²) in [6.45, 7) is 3.72. The Morgan fingerprint density at radius 2 is 2.17 bits per heavy atom. The highest BCUT2D eigenvalue weighted by atomic mass is 79.9. The van der Waals surface area contributed by atoms with Crippen molar-refractivity contribution in [2.24, 2.45) is 5.92 Å². The van der Waals surface area contributed by atoms with E-state index in [2.05, 4.69) is 15.9 Å². The molecule has 0 N–H and O–H groups in total. The minimum Gasteiger partial charge on any atom is -0.339 e. The number of aromatic nitrogens is 1. The van der Waals surface area contributed by atoms with Gasteiger partial charge < -0.3 is 4.57 Å². The summed E-state index contributed by atoms with van der Waals surface area (Å²) in [5.41, 5.74) is -1.23. The Balaban J connectivity index is 3.09. The fraction of sp³-hybridized carbons (Fsp3) is 0.455. The van der Waals surface area contributed by atoms with Crippen LogP contribution in [0.1, 0.15) is 20.3 Å². The maximum absolute atomic E-state index is 11.7. The first kappa shape index (κ1) is 14.6. The topological polar surface area (TPSA) is 82.2 Å². The molecule has 0 aliphatic heterocycles. The van der Waals surface area contributed by atoms with Crippen LogP contribution in [-0.2, 0) is 11.3 Å². The average Bonchev–Trinajstić information content (AvgIpc) is 2.31. The van der Waals surface area contributed by atoms with Crippen molar-refractivity contribution in [1.82, 2.24) is 4.57 Å². The fourth-order valence-corrected chi connectivity index (χ4v) is 1.83. The first-order valence-electron chi connectivity index (χ1n) is 5.43. The van der Waals surface area contributed by atoms with Crippen LogP contribution in [0.25, 0.3) is 0 Å². The van der Waals surface area contributed by atoms with Crippen molar-refractivity contribution < 1.29 is 9.72 Å². The number of Topliss-reactive ketones (excluding diaryl/α,β-unsaturated/α-hetero) is 1. The van der Waals surface area contributed by atoms with Crippen LogP contribution in [0, 0.1) is 16.0 Å². The predicted octanol–water partition coefficient (Wildman–Crippen LogP) is 2.13. The van der Waals surface area contributed by atoms with Gasteiger partial charge in [0.05, 0.1) is 22.1 Å². The number of carbonyl (C=O) groups is 1. The third kappa shape index (κ3) is 3.25. The summed E-state index contributed by atoms with van der Waals surface area (Å²) in [5, 5.41) is 10.7. The fourth-order valence-electron chi connectivity index (χ4n) is 1.36. The second-order valence-electron chi connectivity index (χ2n) is 4.03. The minimum atomic E-state index is -0.753. The predicted molar refractivity (Wildman–Crippen MR) is 69.5 cm³/mol. The van der Waals surface area contributed by atoms with E-state index in [9.17, 15) is 19.7 Å². The van der Waals surface area contributed by atoms with Crippen molar-refractivity contribution in [3.63, 3.8) is 0 Å². The molecular weight excluding hydrogens is 304 g/mol. The monoisotopic (exact) mass is 316 g/mol. The zero-order chi connectivity index (χ0) is 13.9. The van der Waals surface area contributed by atoms with Crippen LogP contribution < -0.4 is 5.43 Å². The number of ketones is 1. The second kappa shape index (κ2) is 5.90. The Morgan fingerprint density at radius 3 is 2.67 bits per heavy atom. The van der Waals surface area contributed by atoms with Gasteiger partial charge in [-0.05, 0) is 22.4 Å². The van der Waals surface area contributed by atoms with E-state index in [0.29, 0.717) is 6.42 Å². The SMILES string of the molecule is CCC(C)C(=O)Cn1cc(Br)c(=O)c([N+](=O)[O-])c1. The van der Waals surface area contributed by atoms with Crippen molar-refractivity contribution in [2.75, 3.05) is 0 Å². The van der Waals surface area contributed by atoms with Gasteiger partial charge in [-0.25, -0.2) is 0 Å². The van der Waals surface area contributed by atoms with Crippen LogP contribution in [0.2, 0.25) is 0 Å². The van der Waals surface area contributed by atoms with Crippen molar-refractivity contribution in [1.29, 1.82) is 0 Å². The van der Waals surface area contributed by atoms with E-state index < -0.39 is 16.0 Å². The van der Waals surface area contributed by atoms with Crippen molar-refractivity contribution in [3.05, 3.63) is 37.2 Å². The zero-order valence-electron chi connectivity index (χ0n) is 10.1. The van der Waals surface area contributed by atoms with Crippen LogP contribution in [-0.4, -0.2) is 15.3 Å². The summed E-state index contributed by atoms with van der Waals surface area (Å²) in [6, 6.07) is 0. The molecule has 0 bridgehead atoms. The lowest BCUT2D eigenvalue weighted by Gasteiger charge is -2.10. The third-order valence-electron chi connectivity index (χ3n) is 2.71. The van der Waals surface area contributed by atoms with Crippen LogP contribution in [0.3, 0.4) is 0 Å². The molecule has 1 aromatic heterocycles. The molecule has 0 spiro atoms. The zero-order valence-corrected chi connectivity index (χ0v) is 11.6. The summed E-state index contributed by atoms with van der Waals surface area (Å²) < 4.78 is 1.44. The van der Waals surface area contributed by atoms with E-state index in [1.165, 1.54) is 10.8 Å². The number of pyridine rings is 1. The lowest BCUT2D eigenvalue weighted by atomic mass is 10.0. The molecule has 18 heavy (non-hydrogen) atoms. The molecule has 1 aromatic rings. The summed E-state index contributed by atoms with van der Waals surface area (Å²) in [7, 11) is 0. The van der Waals surface area contributed by atoms with Gasteiger partial charge in [0.15, 0.2) is 5.78 Å². The van der Waals surface area contributed by atoms with Crippen LogP contribution in [0.5, 0.6) is 0 Å². The highest BCUT2D eigenvalue weighted by Gasteiger charge is 2.18. The Labute approximate surface area is 112 Å². The molecule has 1 unspecified atom stereocenters. The summed E-state index contributed by atoms with van der Waals surface area (Å²) in [5.74, 6) is -0.135. The standard InChI is InChI=1S/C11H13BrN2O4/c1-3-7(2)10(15)6-13-4-8(12)11(16)9(5-13)14(17)18/h4-5,7H,3,6H2,1-2H3. The van der Waals surface area contributed by atoms with E-state index in [-0.39, 0.29) is 22.7 Å². The van der Waals surface area contributed by atoms with Crippen LogP contribution in [0.15, 0.2) is 21.7 Å². The highest BCUT2D eigenvalue weighted by molar-refractivity contribution is 9.10. The summed E-state index contributed by atoms with van der Waals surface area (Å²) in [6.07, 6.45) is 3.19. The smallest absolute Gasteiger partial charge is 0.333 e. The quantitative estimate of drug-likeness (QED) is 0.615. The Hall–Kier alpha value is -1.50. The molecule has 1 atom stereocenters. The van der Waals surface area contributed by atoms with Gasteiger partial charge in [-0.15, -0.1) is 0 Å². The Kier molecular flexibility index (Phi) is 4.77. The van der Waals surface area contributed by atoms with Gasteiger partial charge in [0.2, 0.25) is 0 Å². The van der Waals surface area contributed by atoms with Gasteiger partial charge in [0.25, 0.3) is 5.43 Å². The molecular formula is C11H13BrN2O4. The number of halogens is 1. The van der Waals surface area contributed by atoms with Crippen molar-refractivity contribution >= 4 is 27.4 Å². The molecule has 1 rings (SSSR count). The molecule has 0 aliphatic rings. The highest BCUT2D eigenvalue weighted by Crippen LogP contribution is 2.12. The molecule has 98 valence electrons. The molecule has 1 heterocycles. The maximum atomic E-state index is 11.7. The average molecular weight is 317 g/mol. The first-order chi connectivity index (χ1) is 8.36. The number of nitro groups is 1. The summed E-state index contributed by atoms with van der Waals surface area (Å²) >= 11 is 2.96. The molecule has 7 heteroatoms. The van der Waals surface area contributed by atoms with Crippen LogP contribution in [0.4, 0.5) is 5.69 Å². The van der Waals surface area contributed by atoms with Crippen LogP contribution >= 0.6 is 15.9 Å². The minimum absolute atomic E-state index is 0.0225. The molecule has 0 saturated carbocycles. The number of rotatable bonds is 5. The number of hydrogen-bond donors (Lipinski definition) is 0. The van der Waals surface area contributed by atoms with E-state index in [0.717, 1.165) is 6.20 Å². The molecule has 0 aromatic carbocycles.